The van der Waals surface area contributed by atoms with Crippen molar-refractivity contribution in [2.24, 2.45) is 7.05 Å². The summed E-state index contributed by atoms with van der Waals surface area (Å²) in [6.45, 7) is -0.0422. The summed E-state index contributed by atoms with van der Waals surface area (Å²) in [7, 11) is 1.95. The van der Waals surface area contributed by atoms with Crippen LogP contribution in [0.3, 0.4) is 0 Å². The van der Waals surface area contributed by atoms with E-state index in [4.69, 9.17) is 11.6 Å². The van der Waals surface area contributed by atoms with E-state index in [1.165, 1.54) is 0 Å². The Hall–Kier alpha value is -1.32. The number of halogens is 1. The molecule has 4 heteroatoms. The number of nitrogens with zero attached hydrogens (tertiary/aromatic N) is 2. The molecule has 0 amide bonds. The summed E-state index contributed by atoms with van der Waals surface area (Å²) < 4.78 is 1.96. The van der Waals surface area contributed by atoms with Gasteiger partial charge in [-0.15, -0.1) is 0 Å². The summed E-state index contributed by atoms with van der Waals surface area (Å²) in [5.74, 6) is 0.956. The number of rotatable bonds is 3. The molecule has 1 N–H and O–H groups in total. The Balaban J connectivity index is 2.35. The maximum Gasteiger partial charge on any atom is 0.112 e. The van der Waals surface area contributed by atoms with Crippen LogP contribution in [0.25, 0.3) is 0 Å². The maximum atomic E-state index is 9.29. The lowest BCUT2D eigenvalue weighted by Crippen LogP contribution is -2.02. The first-order valence-electron chi connectivity index (χ1n) is 5.05. The Labute approximate surface area is 99.3 Å². The van der Waals surface area contributed by atoms with Crippen LogP contribution in [0.4, 0.5) is 0 Å². The second kappa shape index (κ2) is 4.68. The Kier molecular flexibility index (Phi) is 3.27. The number of hydrogen-bond acceptors (Lipinski definition) is 2. The molecule has 0 bridgehead atoms. The van der Waals surface area contributed by atoms with Crippen LogP contribution in [0.1, 0.15) is 17.0 Å². The molecule has 0 spiro atoms. The first kappa shape index (κ1) is 11.2. The number of aliphatic hydroxyl groups excluding tert-OH is 1. The van der Waals surface area contributed by atoms with E-state index in [9.17, 15) is 5.11 Å². The molecule has 0 radical (unpaired) electrons. The maximum absolute atomic E-state index is 9.29. The second-order valence-corrected chi connectivity index (χ2v) is 4.07. The molecular weight excluding hydrogens is 224 g/mol. The predicted molar refractivity (Wildman–Crippen MR) is 63.4 cm³/mol. The molecule has 0 unspecified atom stereocenters. The van der Waals surface area contributed by atoms with Crippen molar-refractivity contribution in [3.05, 3.63) is 52.6 Å². The molecular formula is C12H13ClN2O. The van der Waals surface area contributed by atoms with Crippen LogP contribution in [0.2, 0.25) is 5.02 Å². The number of aliphatic hydroxyl groups is 1. The van der Waals surface area contributed by atoms with Gasteiger partial charge in [0, 0.05) is 30.9 Å². The average Bonchev–Trinajstić information content (AvgIpc) is 2.65. The lowest BCUT2D eigenvalue weighted by molar-refractivity contribution is 0.281. The number of imidazole rings is 1. The van der Waals surface area contributed by atoms with Gasteiger partial charge in [-0.1, -0.05) is 23.7 Å². The van der Waals surface area contributed by atoms with Gasteiger partial charge in [0.1, 0.15) is 5.82 Å². The average molecular weight is 237 g/mol. The standard InChI is InChI=1S/C12H13ClN2O/c1-15-6-5-14-12(15)7-9-3-2-4-11(13)10(9)8-16/h2-6,16H,7-8H2,1H3. The smallest absolute Gasteiger partial charge is 0.112 e. The zero-order valence-corrected chi connectivity index (χ0v) is 9.78. The summed E-state index contributed by atoms with van der Waals surface area (Å²) in [4.78, 5) is 4.25. The summed E-state index contributed by atoms with van der Waals surface area (Å²) in [5.41, 5.74) is 1.80. The van der Waals surface area contributed by atoms with Crippen LogP contribution in [0, 0.1) is 0 Å². The van der Waals surface area contributed by atoms with E-state index in [2.05, 4.69) is 4.98 Å². The molecule has 1 aromatic heterocycles. The normalized spacial score (nSPS) is 10.7. The number of benzene rings is 1. The quantitative estimate of drug-likeness (QED) is 0.887. The molecule has 0 saturated heterocycles. The first-order chi connectivity index (χ1) is 7.72. The largest absolute Gasteiger partial charge is 0.392 e. The van der Waals surface area contributed by atoms with Gasteiger partial charge < -0.3 is 9.67 Å². The van der Waals surface area contributed by atoms with E-state index in [1.807, 2.05) is 29.9 Å². The van der Waals surface area contributed by atoms with E-state index < -0.39 is 0 Å². The van der Waals surface area contributed by atoms with Gasteiger partial charge in [-0.05, 0) is 17.2 Å². The monoisotopic (exact) mass is 236 g/mol. The summed E-state index contributed by atoms with van der Waals surface area (Å²) in [6, 6.07) is 5.64. The Morgan fingerprint density at radius 1 is 1.44 bits per heavy atom. The molecule has 0 aliphatic heterocycles. The minimum Gasteiger partial charge on any atom is -0.392 e. The number of hydrogen-bond donors (Lipinski definition) is 1. The number of aryl methyl sites for hydroxylation is 1. The van der Waals surface area contributed by atoms with Crippen LogP contribution in [-0.4, -0.2) is 14.7 Å². The zero-order chi connectivity index (χ0) is 11.5. The Morgan fingerprint density at radius 2 is 2.25 bits per heavy atom. The molecule has 84 valence electrons. The molecule has 1 aromatic carbocycles. The lowest BCUT2D eigenvalue weighted by Gasteiger charge is -2.09. The van der Waals surface area contributed by atoms with Gasteiger partial charge in [-0.25, -0.2) is 4.98 Å². The highest BCUT2D eigenvalue weighted by Crippen LogP contribution is 2.21. The van der Waals surface area contributed by atoms with E-state index in [1.54, 1.807) is 12.3 Å². The zero-order valence-electron chi connectivity index (χ0n) is 9.02. The molecule has 0 saturated carbocycles. The van der Waals surface area contributed by atoms with Crippen LogP contribution in [0.5, 0.6) is 0 Å². The molecule has 3 nitrogen and oxygen atoms in total. The van der Waals surface area contributed by atoms with Gasteiger partial charge in [0.05, 0.1) is 6.61 Å². The molecule has 0 aliphatic carbocycles. The topological polar surface area (TPSA) is 38.0 Å². The minimum absolute atomic E-state index is 0.0422. The van der Waals surface area contributed by atoms with Gasteiger partial charge in [-0.2, -0.15) is 0 Å². The van der Waals surface area contributed by atoms with E-state index in [0.717, 1.165) is 17.0 Å². The highest BCUT2D eigenvalue weighted by molar-refractivity contribution is 6.31. The fourth-order valence-electron chi connectivity index (χ4n) is 1.68. The van der Waals surface area contributed by atoms with Gasteiger partial charge in [0.15, 0.2) is 0 Å². The molecule has 2 aromatic rings. The molecule has 16 heavy (non-hydrogen) atoms. The minimum atomic E-state index is -0.0422. The second-order valence-electron chi connectivity index (χ2n) is 3.67. The molecule has 0 fully saturated rings. The van der Waals surface area contributed by atoms with Gasteiger partial charge in [-0.3, -0.25) is 0 Å². The van der Waals surface area contributed by atoms with Crippen LogP contribution in [-0.2, 0) is 20.1 Å². The molecule has 2 rings (SSSR count). The lowest BCUT2D eigenvalue weighted by atomic mass is 10.0. The van der Waals surface area contributed by atoms with Crippen LogP contribution < -0.4 is 0 Å². The van der Waals surface area contributed by atoms with E-state index >= 15 is 0 Å². The fraction of sp³-hybridized carbons (Fsp3) is 0.250. The fourth-order valence-corrected chi connectivity index (χ4v) is 1.94. The first-order valence-corrected chi connectivity index (χ1v) is 5.43. The predicted octanol–water partition coefficient (Wildman–Crippen LogP) is 2.16. The van der Waals surface area contributed by atoms with Crippen molar-refractivity contribution >= 4 is 11.6 Å². The van der Waals surface area contributed by atoms with Crippen molar-refractivity contribution in [3.8, 4) is 0 Å². The Morgan fingerprint density at radius 3 is 2.88 bits per heavy atom. The van der Waals surface area contributed by atoms with E-state index in [-0.39, 0.29) is 6.61 Å². The third-order valence-electron chi connectivity index (χ3n) is 2.64. The van der Waals surface area contributed by atoms with Crippen molar-refractivity contribution in [2.75, 3.05) is 0 Å². The van der Waals surface area contributed by atoms with Gasteiger partial charge in [0.2, 0.25) is 0 Å². The van der Waals surface area contributed by atoms with E-state index in [0.29, 0.717) is 11.4 Å². The van der Waals surface area contributed by atoms with Crippen molar-refractivity contribution < 1.29 is 5.11 Å². The SMILES string of the molecule is Cn1ccnc1Cc1cccc(Cl)c1CO. The van der Waals surface area contributed by atoms with Crippen molar-refractivity contribution in [2.45, 2.75) is 13.0 Å². The summed E-state index contributed by atoms with van der Waals surface area (Å²) in [6.07, 6.45) is 4.34. The van der Waals surface area contributed by atoms with Crippen LogP contribution in [0.15, 0.2) is 30.6 Å². The van der Waals surface area contributed by atoms with Crippen molar-refractivity contribution in [1.82, 2.24) is 9.55 Å². The highest BCUT2D eigenvalue weighted by atomic mass is 35.5. The summed E-state index contributed by atoms with van der Waals surface area (Å²) in [5, 5.41) is 9.89. The number of aromatic nitrogens is 2. The molecule has 0 atom stereocenters. The van der Waals surface area contributed by atoms with Crippen LogP contribution >= 0.6 is 11.6 Å². The molecule has 1 heterocycles. The van der Waals surface area contributed by atoms with Gasteiger partial charge >= 0.3 is 0 Å². The third kappa shape index (κ3) is 2.10. The molecule has 0 aliphatic rings. The van der Waals surface area contributed by atoms with Crippen molar-refractivity contribution in [1.29, 1.82) is 0 Å². The Bertz CT molecular complexity index is 494. The van der Waals surface area contributed by atoms with Crippen molar-refractivity contribution in [3.63, 3.8) is 0 Å². The summed E-state index contributed by atoms with van der Waals surface area (Å²) >= 11 is 6.02. The van der Waals surface area contributed by atoms with Gasteiger partial charge in [0.25, 0.3) is 0 Å². The highest BCUT2D eigenvalue weighted by Gasteiger charge is 2.08. The third-order valence-corrected chi connectivity index (χ3v) is 3.00.